The van der Waals surface area contributed by atoms with Crippen LogP contribution in [0.25, 0.3) is 0 Å². The lowest BCUT2D eigenvalue weighted by Gasteiger charge is -2.09. The molecule has 0 spiro atoms. The number of aromatic carboxylic acids is 2. The van der Waals surface area contributed by atoms with Gasteiger partial charge in [-0.15, -0.1) is 0 Å². The van der Waals surface area contributed by atoms with Crippen LogP contribution >= 0.6 is 11.6 Å². The van der Waals surface area contributed by atoms with E-state index in [0.29, 0.717) is 0 Å². The van der Waals surface area contributed by atoms with E-state index in [4.69, 9.17) is 26.0 Å². The molecule has 0 saturated heterocycles. The SMILES string of the molecule is O=C(O)c1ccc(S(=O)(=O)Oc2cccc(Cl)c2)cc1C(=O)O. The summed E-state index contributed by atoms with van der Waals surface area (Å²) in [5, 5.41) is 18.2. The minimum atomic E-state index is -4.34. The molecular weight excluding hydrogens is 348 g/mol. The van der Waals surface area contributed by atoms with Crippen LogP contribution in [0.5, 0.6) is 5.75 Å². The molecule has 0 aliphatic heterocycles. The van der Waals surface area contributed by atoms with E-state index >= 15 is 0 Å². The highest BCUT2D eigenvalue weighted by molar-refractivity contribution is 7.87. The van der Waals surface area contributed by atoms with Gasteiger partial charge in [0.15, 0.2) is 0 Å². The fraction of sp³-hybridized carbons (Fsp3) is 0. The Morgan fingerprint density at radius 1 is 0.957 bits per heavy atom. The topological polar surface area (TPSA) is 118 Å². The molecule has 0 amide bonds. The first-order valence-corrected chi connectivity index (χ1v) is 7.80. The van der Waals surface area contributed by atoms with Gasteiger partial charge in [0, 0.05) is 11.1 Å². The number of hydrogen-bond acceptors (Lipinski definition) is 5. The highest BCUT2D eigenvalue weighted by Gasteiger charge is 2.23. The Bertz CT molecular complexity index is 890. The van der Waals surface area contributed by atoms with Crippen molar-refractivity contribution in [2.75, 3.05) is 0 Å². The molecule has 0 aromatic heterocycles. The third-order valence-electron chi connectivity index (χ3n) is 2.74. The van der Waals surface area contributed by atoms with Crippen LogP contribution in [0.3, 0.4) is 0 Å². The van der Waals surface area contributed by atoms with E-state index in [9.17, 15) is 18.0 Å². The number of carboxylic acid groups (broad SMARTS) is 2. The van der Waals surface area contributed by atoms with Crippen LogP contribution in [0.15, 0.2) is 47.4 Å². The van der Waals surface area contributed by atoms with Gasteiger partial charge < -0.3 is 14.4 Å². The van der Waals surface area contributed by atoms with E-state index in [-0.39, 0.29) is 10.8 Å². The summed E-state index contributed by atoms with van der Waals surface area (Å²) < 4.78 is 29.2. The van der Waals surface area contributed by atoms with Crippen molar-refractivity contribution >= 4 is 33.7 Å². The van der Waals surface area contributed by atoms with Crippen molar-refractivity contribution in [2.45, 2.75) is 4.90 Å². The fourth-order valence-corrected chi connectivity index (χ4v) is 2.87. The minimum Gasteiger partial charge on any atom is -0.478 e. The number of hydrogen-bond donors (Lipinski definition) is 2. The number of carboxylic acids is 2. The summed E-state index contributed by atoms with van der Waals surface area (Å²) in [6.45, 7) is 0. The van der Waals surface area contributed by atoms with Gasteiger partial charge >= 0.3 is 22.1 Å². The van der Waals surface area contributed by atoms with E-state index < -0.39 is 38.1 Å². The van der Waals surface area contributed by atoms with Crippen LogP contribution in [-0.4, -0.2) is 30.6 Å². The van der Waals surface area contributed by atoms with Gasteiger partial charge in [-0.25, -0.2) is 9.59 Å². The predicted molar refractivity (Wildman–Crippen MR) is 79.6 cm³/mol. The maximum atomic E-state index is 12.2. The molecule has 0 saturated carbocycles. The summed E-state index contributed by atoms with van der Waals surface area (Å²) in [5.41, 5.74) is -1.19. The van der Waals surface area contributed by atoms with E-state index in [1.807, 2.05) is 0 Å². The van der Waals surface area contributed by atoms with Crippen LogP contribution in [0.1, 0.15) is 20.7 Å². The average molecular weight is 357 g/mol. The largest absolute Gasteiger partial charge is 0.478 e. The Morgan fingerprint density at radius 2 is 1.61 bits per heavy atom. The molecule has 0 bridgehead atoms. The van der Waals surface area contributed by atoms with Crippen molar-refractivity contribution in [3.8, 4) is 5.75 Å². The zero-order valence-corrected chi connectivity index (χ0v) is 12.8. The minimum absolute atomic E-state index is 0.0586. The first-order chi connectivity index (χ1) is 10.7. The van der Waals surface area contributed by atoms with Gasteiger partial charge in [0.05, 0.1) is 11.1 Å². The number of carbonyl (C=O) groups is 2. The van der Waals surface area contributed by atoms with Crippen LogP contribution < -0.4 is 4.18 Å². The number of rotatable bonds is 5. The predicted octanol–water partition coefficient (Wildman–Crippen LogP) is 2.50. The smallest absolute Gasteiger partial charge is 0.339 e. The Kier molecular flexibility index (Phi) is 4.57. The van der Waals surface area contributed by atoms with Crippen molar-refractivity contribution in [3.05, 3.63) is 58.6 Å². The average Bonchev–Trinajstić information content (AvgIpc) is 2.46. The first kappa shape index (κ1) is 16.8. The quantitative estimate of drug-likeness (QED) is 0.790. The molecule has 0 fully saturated rings. The molecule has 2 N–H and O–H groups in total. The van der Waals surface area contributed by atoms with Crippen molar-refractivity contribution < 1.29 is 32.4 Å². The lowest BCUT2D eigenvalue weighted by molar-refractivity contribution is 0.0651. The van der Waals surface area contributed by atoms with E-state index in [1.165, 1.54) is 24.3 Å². The van der Waals surface area contributed by atoms with E-state index in [2.05, 4.69) is 0 Å². The Hall–Kier alpha value is -2.58. The Morgan fingerprint density at radius 3 is 2.17 bits per heavy atom. The van der Waals surface area contributed by atoms with Crippen LogP contribution in [-0.2, 0) is 10.1 Å². The Labute approximate surface area is 135 Å². The summed E-state index contributed by atoms with van der Waals surface area (Å²) in [6, 6.07) is 8.19. The molecule has 0 aliphatic carbocycles. The zero-order valence-electron chi connectivity index (χ0n) is 11.3. The first-order valence-electron chi connectivity index (χ1n) is 6.01. The van der Waals surface area contributed by atoms with Crippen molar-refractivity contribution in [1.29, 1.82) is 0 Å². The molecule has 2 rings (SSSR count). The van der Waals surface area contributed by atoms with Crippen molar-refractivity contribution in [2.24, 2.45) is 0 Å². The van der Waals surface area contributed by atoms with Crippen molar-refractivity contribution in [3.63, 3.8) is 0 Å². The fourth-order valence-electron chi connectivity index (χ4n) is 1.74. The third-order valence-corrected chi connectivity index (χ3v) is 4.22. The van der Waals surface area contributed by atoms with Crippen LogP contribution in [0, 0.1) is 0 Å². The maximum absolute atomic E-state index is 12.2. The second kappa shape index (κ2) is 6.27. The summed E-state index contributed by atoms with van der Waals surface area (Å²) >= 11 is 5.72. The van der Waals surface area contributed by atoms with Gasteiger partial charge in [0.1, 0.15) is 10.6 Å². The highest BCUT2D eigenvalue weighted by Crippen LogP contribution is 2.23. The Balaban J connectivity index is 2.46. The molecule has 0 aliphatic rings. The normalized spacial score (nSPS) is 11.0. The van der Waals surface area contributed by atoms with Gasteiger partial charge in [-0.1, -0.05) is 17.7 Å². The molecule has 120 valence electrons. The van der Waals surface area contributed by atoms with Crippen molar-refractivity contribution in [1.82, 2.24) is 0 Å². The molecule has 0 heterocycles. The molecule has 0 unspecified atom stereocenters. The molecular formula is C14H9ClO7S. The molecule has 0 radical (unpaired) electrons. The van der Waals surface area contributed by atoms with Crippen LogP contribution in [0.2, 0.25) is 5.02 Å². The molecule has 2 aromatic carbocycles. The van der Waals surface area contributed by atoms with Gasteiger partial charge in [-0.05, 0) is 30.3 Å². The monoisotopic (exact) mass is 356 g/mol. The van der Waals surface area contributed by atoms with E-state index in [0.717, 1.165) is 18.2 Å². The van der Waals surface area contributed by atoms with Gasteiger partial charge in [0.2, 0.25) is 0 Å². The summed E-state index contributed by atoms with van der Waals surface area (Å²) in [6.07, 6.45) is 0. The second-order valence-electron chi connectivity index (χ2n) is 4.31. The van der Waals surface area contributed by atoms with Crippen LogP contribution in [0.4, 0.5) is 0 Å². The lowest BCUT2D eigenvalue weighted by Crippen LogP contribution is -2.13. The molecule has 7 nitrogen and oxygen atoms in total. The standard InChI is InChI=1S/C14H9ClO7S/c15-8-2-1-3-9(6-8)22-23(20,21)10-4-5-11(13(16)17)12(7-10)14(18)19/h1-7H,(H,16,17)(H,18,19). The van der Waals surface area contributed by atoms with Gasteiger partial charge in [-0.2, -0.15) is 8.42 Å². The number of benzene rings is 2. The molecule has 23 heavy (non-hydrogen) atoms. The zero-order chi connectivity index (χ0) is 17.2. The van der Waals surface area contributed by atoms with E-state index in [1.54, 1.807) is 0 Å². The molecule has 9 heteroatoms. The second-order valence-corrected chi connectivity index (χ2v) is 6.30. The molecule has 2 aromatic rings. The summed E-state index contributed by atoms with van der Waals surface area (Å²) in [4.78, 5) is 21.6. The third kappa shape index (κ3) is 3.79. The highest BCUT2D eigenvalue weighted by atomic mass is 35.5. The maximum Gasteiger partial charge on any atom is 0.339 e. The lowest BCUT2D eigenvalue weighted by atomic mass is 10.1. The number of halogens is 1. The summed E-state index contributed by atoms with van der Waals surface area (Å²) in [7, 11) is -4.34. The van der Waals surface area contributed by atoms with Gasteiger partial charge in [-0.3, -0.25) is 0 Å². The molecule has 0 atom stereocenters. The summed E-state index contributed by atoms with van der Waals surface area (Å²) in [5.74, 6) is -3.11. The van der Waals surface area contributed by atoms with Gasteiger partial charge in [0.25, 0.3) is 0 Å².